The van der Waals surface area contributed by atoms with Gasteiger partial charge in [-0.15, -0.1) is 0 Å². The Morgan fingerprint density at radius 1 is 1.44 bits per heavy atom. The van der Waals surface area contributed by atoms with E-state index in [1.54, 1.807) is 18.2 Å². The minimum absolute atomic E-state index is 0.107. The maximum Gasteiger partial charge on any atom is 0.323 e. The Morgan fingerprint density at radius 2 is 2.11 bits per heavy atom. The number of aromatic nitrogens is 1. The molecule has 0 spiro atoms. The second-order valence-corrected chi connectivity index (χ2v) is 6.37. The van der Waals surface area contributed by atoms with Crippen LogP contribution in [0.1, 0.15) is 0 Å². The molecule has 7 heteroatoms. The van der Waals surface area contributed by atoms with Crippen molar-refractivity contribution in [2.45, 2.75) is 11.4 Å². The van der Waals surface area contributed by atoms with Crippen molar-refractivity contribution < 1.29 is 18.3 Å². The molecule has 18 heavy (non-hydrogen) atoms. The molecule has 0 atom stereocenters. The SMILES string of the molecule is CS(=O)(=O)c1cn(CC(=O)O)c2cc(Cl)ccc12. The Labute approximate surface area is 109 Å². The number of nitrogens with zero attached hydrogens (tertiary/aromatic N) is 1. The van der Waals surface area contributed by atoms with E-state index in [9.17, 15) is 13.2 Å². The first-order valence-electron chi connectivity index (χ1n) is 4.99. The van der Waals surface area contributed by atoms with Gasteiger partial charge in [0, 0.05) is 22.9 Å². The Morgan fingerprint density at radius 3 is 2.67 bits per heavy atom. The molecule has 0 bridgehead atoms. The lowest BCUT2D eigenvalue weighted by Gasteiger charge is -2.00. The number of benzene rings is 1. The summed E-state index contributed by atoms with van der Waals surface area (Å²) in [5, 5.41) is 9.70. The highest BCUT2D eigenvalue weighted by molar-refractivity contribution is 7.91. The molecular formula is C11H10ClNO4S. The molecule has 96 valence electrons. The van der Waals surface area contributed by atoms with Crippen LogP contribution in [-0.2, 0) is 21.2 Å². The van der Waals surface area contributed by atoms with E-state index in [-0.39, 0.29) is 11.4 Å². The van der Waals surface area contributed by atoms with Crippen LogP contribution >= 0.6 is 11.6 Å². The van der Waals surface area contributed by atoms with Gasteiger partial charge in [0.15, 0.2) is 9.84 Å². The van der Waals surface area contributed by atoms with E-state index in [0.29, 0.717) is 15.9 Å². The van der Waals surface area contributed by atoms with Crippen molar-refractivity contribution in [2.24, 2.45) is 0 Å². The fourth-order valence-electron chi connectivity index (χ4n) is 1.80. The van der Waals surface area contributed by atoms with Crippen molar-refractivity contribution in [3.63, 3.8) is 0 Å². The summed E-state index contributed by atoms with van der Waals surface area (Å²) in [6.45, 7) is -0.313. The van der Waals surface area contributed by atoms with Crippen molar-refractivity contribution in [2.75, 3.05) is 6.26 Å². The molecule has 0 fully saturated rings. The van der Waals surface area contributed by atoms with Crippen molar-refractivity contribution >= 4 is 38.3 Å². The first-order chi connectivity index (χ1) is 8.29. The van der Waals surface area contributed by atoms with E-state index < -0.39 is 15.8 Å². The summed E-state index contributed by atoms with van der Waals surface area (Å²) in [4.78, 5) is 10.9. The molecule has 0 unspecified atom stereocenters. The molecule has 0 saturated heterocycles. The van der Waals surface area contributed by atoms with E-state index >= 15 is 0 Å². The van der Waals surface area contributed by atoms with E-state index in [2.05, 4.69) is 0 Å². The molecule has 2 aromatic rings. The number of rotatable bonds is 3. The smallest absolute Gasteiger partial charge is 0.323 e. The monoisotopic (exact) mass is 287 g/mol. The molecular weight excluding hydrogens is 278 g/mol. The molecule has 0 radical (unpaired) electrons. The molecule has 2 rings (SSSR count). The molecule has 0 amide bonds. The lowest BCUT2D eigenvalue weighted by molar-refractivity contribution is -0.137. The van der Waals surface area contributed by atoms with Crippen LogP contribution in [0.3, 0.4) is 0 Å². The van der Waals surface area contributed by atoms with Gasteiger partial charge in [-0.05, 0) is 12.1 Å². The lowest BCUT2D eigenvalue weighted by Crippen LogP contribution is -2.07. The summed E-state index contributed by atoms with van der Waals surface area (Å²) in [6.07, 6.45) is 2.41. The van der Waals surface area contributed by atoms with E-state index in [4.69, 9.17) is 16.7 Å². The highest BCUT2D eigenvalue weighted by Gasteiger charge is 2.17. The van der Waals surface area contributed by atoms with Crippen LogP contribution in [-0.4, -0.2) is 30.3 Å². The molecule has 0 aliphatic carbocycles. The Kier molecular flexibility index (Phi) is 3.08. The fourth-order valence-corrected chi connectivity index (χ4v) is 2.86. The molecule has 1 N–H and O–H groups in total. The minimum atomic E-state index is -3.41. The van der Waals surface area contributed by atoms with Gasteiger partial charge >= 0.3 is 5.97 Å². The van der Waals surface area contributed by atoms with Crippen molar-refractivity contribution in [3.8, 4) is 0 Å². The first-order valence-corrected chi connectivity index (χ1v) is 7.26. The predicted octanol–water partition coefficient (Wildman–Crippen LogP) is 1.78. The second kappa shape index (κ2) is 4.29. The van der Waals surface area contributed by atoms with E-state index in [1.165, 1.54) is 10.8 Å². The van der Waals surface area contributed by atoms with Crippen LogP contribution in [0.5, 0.6) is 0 Å². The quantitative estimate of drug-likeness (QED) is 0.933. The summed E-state index contributed by atoms with van der Waals surface area (Å²) < 4.78 is 24.6. The van der Waals surface area contributed by atoms with Gasteiger partial charge in [-0.2, -0.15) is 0 Å². The average molecular weight is 288 g/mol. The predicted molar refractivity (Wildman–Crippen MR) is 67.7 cm³/mol. The molecule has 5 nitrogen and oxygen atoms in total. The summed E-state index contributed by atoms with van der Waals surface area (Å²) in [5.74, 6) is -1.05. The zero-order valence-corrected chi connectivity index (χ0v) is 11.0. The highest BCUT2D eigenvalue weighted by Crippen LogP contribution is 2.27. The number of halogens is 1. The minimum Gasteiger partial charge on any atom is -0.480 e. The van der Waals surface area contributed by atoms with Crippen LogP contribution in [0, 0.1) is 0 Å². The van der Waals surface area contributed by atoms with Crippen LogP contribution in [0.4, 0.5) is 0 Å². The van der Waals surface area contributed by atoms with E-state index in [1.807, 2.05) is 0 Å². The summed E-state index contributed by atoms with van der Waals surface area (Å²) in [6, 6.07) is 4.70. The molecule has 1 heterocycles. The number of carboxylic acid groups (broad SMARTS) is 1. The van der Waals surface area contributed by atoms with Gasteiger partial charge in [-0.1, -0.05) is 17.7 Å². The molecule has 0 aliphatic rings. The second-order valence-electron chi connectivity index (χ2n) is 3.95. The Bertz CT molecular complexity index is 733. The third-order valence-corrected chi connectivity index (χ3v) is 3.87. The van der Waals surface area contributed by atoms with Crippen LogP contribution in [0.15, 0.2) is 29.3 Å². The van der Waals surface area contributed by atoms with Gasteiger partial charge in [-0.25, -0.2) is 8.42 Å². The molecule has 0 saturated carbocycles. The van der Waals surface area contributed by atoms with Gasteiger partial charge in [0.2, 0.25) is 0 Å². The zero-order chi connectivity index (χ0) is 13.5. The molecule has 0 aliphatic heterocycles. The van der Waals surface area contributed by atoms with Crippen LogP contribution in [0.2, 0.25) is 5.02 Å². The zero-order valence-electron chi connectivity index (χ0n) is 9.42. The average Bonchev–Trinajstić information content (AvgIpc) is 2.55. The first kappa shape index (κ1) is 12.9. The lowest BCUT2D eigenvalue weighted by atomic mass is 10.2. The van der Waals surface area contributed by atoms with Gasteiger partial charge in [0.1, 0.15) is 6.54 Å². The Hall–Kier alpha value is -1.53. The number of hydrogen-bond acceptors (Lipinski definition) is 3. The molecule has 1 aromatic heterocycles. The number of carbonyl (C=O) groups is 1. The van der Waals surface area contributed by atoms with Crippen LogP contribution < -0.4 is 0 Å². The van der Waals surface area contributed by atoms with Crippen molar-refractivity contribution in [1.82, 2.24) is 4.57 Å². The Balaban J connectivity index is 2.79. The van der Waals surface area contributed by atoms with Gasteiger partial charge in [0.25, 0.3) is 0 Å². The number of carboxylic acids is 1. The summed E-state index contributed by atoms with van der Waals surface area (Å²) >= 11 is 5.84. The number of sulfone groups is 1. The van der Waals surface area contributed by atoms with Gasteiger partial charge in [-0.3, -0.25) is 4.79 Å². The maximum atomic E-state index is 11.6. The number of aliphatic carboxylic acids is 1. The van der Waals surface area contributed by atoms with Crippen molar-refractivity contribution in [3.05, 3.63) is 29.4 Å². The number of fused-ring (bicyclic) bond motifs is 1. The maximum absolute atomic E-state index is 11.6. The topological polar surface area (TPSA) is 76.4 Å². The van der Waals surface area contributed by atoms with Crippen LogP contribution in [0.25, 0.3) is 10.9 Å². The standard InChI is InChI=1S/C11H10ClNO4S/c1-18(16,17)10-5-13(6-11(14)15)9-4-7(12)2-3-8(9)10/h2-5H,6H2,1H3,(H,14,15). The third kappa shape index (κ3) is 2.34. The van der Waals surface area contributed by atoms with Crippen molar-refractivity contribution in [1.29, 1.82) is 0 Å². The largest absolute Gasteiger partial charge is 0.480 e. The highest BCUT2D eigenvalue weighted by atomic mass is 35.5. The molecule has 1 aromatic carbocycles. The number of hydrogen-bond donors (Lipinski definition) is 1. The summed E-state index contributed by atoms with van der Waals surface area (Å²) in [7, 11) is -3.41. The third-order valence-electron chi connectivity index (χ3n) is 2.51. The van der Waals surface area contributed by atoms with Gasteiger partial charge in [0.05, 0.1) is 10.4 Å². The normalized spacial score (nSPS) is 11.9. The summed E-state index contributed by atoms with van der Waals surface area (Å²) in [5.41, 5.74) is 0.491. The van der Waals surface area contributed by atoms with E-state index in [0.717, 1.165) is 6.26 Å². The fraction of sp³-hybridized carbons (Fsp3) is 0.182. The van der Waals surface area contributed by atoms with Gasteiger partial charge < -0.3 is 9.67 Å².